The summed E-state index contributed by atoms with van der Waals surface area (Å²) in [5.41, 5.74) is 8.16. The van der Waals surface area contributed by atoms with Crippen LogP contribution in [0.4, 0.5) is 17.1 Å². The Morgan fingerprint density at radius 2 is 1.46 bits per heavy atom. The number of benzene rings is 4. The number of ether oxygens (including phenoxy) is 1. The Kier molecular flexibility index (Phi) is 9.68. The molecular weight excluding hydrogens is 683 g/mol. The molecule has 0 saturated carbocycles. The fraction of sp³-hybridized carbons (Fsp3) is 0.262. The van der Waals surface area contributed by atoms with Gasteiger partial charge in [-0.1, -0.05) is 18.2 Å². The molecule has 0 bridgehead atoms. The zero-order valence-electron chi connectivity index (χ0n) is 31.2. The van der Waals surface area contributed by atoms with E-state index in [1.165, 1.54) is 23.5 Å². The highest BCUT2D eigenvalue weighted by molar-refractivity contribution is 6.17. The smallest absolute Gasteiger partial charge is 0.349 e. The van der Waals surface area contributed by atoms with Crippen LogP contribution in [0.5, 0.6) is 11.5 Å². The van der Waals surface area contributed by atoms with Crippen LogP contribution in [-0.4, -0.2) is 55.4 Å². The first kappa shape index (κ1) is 36.0. The number of hydrazone groups is 2. The van der Waals surface area contributed by atoms with Crippen LogP contribution in [0.1, 0.15) is 76.2 Å². The minimum absolute atomic E-state index is 0.189. The van der Waals surface area contributed by atoms with Gasteiger partial charge in [0.2, 0.25) is 0 Å². The van der Waals surface area contributed by atoms with Gasteiger partial charge in [0.1, 0.15) is 28.2 Å². The van der Waals surface area contributed by atoms with Gasteiger partial charge in [0.25, 0.3) is 11.8 Å². The van der Waals surface area contributed by atoms with E-state index in [0.29, 0.717) is 28.0 Å². The number of fused-ring (bicyclic) bond motifs is 7. The monoisotopic (exact) mass is 725 g/mol. The number of nitrogens with one attached hydrogen (secondary N) is 3. The molecule has 2 amide bonds. The molecule has 0 fully saturated rings. The van der Waals surface area contributed by atoms with E-state index in [1.54, 1.807) is 12.1 Å². The topological polar surface area (TPSA) is 141 Å². The summed E-state index contributed by atoms with van der Waals surface area (Å²) < 4.78 is 12.2. The molecule has 5 aromatic rings. The molecule has 0 saturated heterocycles. The molecule has 7 rings (SSSR count). The third-order valence-electron chi connectivity index (χ3n) is 10.0. The Labute approximate surface area is 313 Å². The van der Waals surface area contributed by atoms with Gasteiger partial charge in [0.15, 0.2) is 0 Å². The molecular formula is C42H43N7O5. The second kappa shape index (κ2) is 14.5. The average Bonchev–Trinajstić information content (AvgIpc) is 3.41. The number of carbonyl (C=O) groups is 2. The summed E-state index contributed by atoms with van der Waals surface area (Å²) in [5.74, 6) is 0.146. The summed E-state index contributed by atoms with van der Waals surface area (Å²) in [6.45, 7) is 15.3. The number of hydrogen-bond donors (Lipinski definition) is 3. The Morgan fingerprint density at radius 3 is 2.09 bits per heavy atom. The lowest BCUT2D eigenvalue weighted by molar-refractivity contribution is 0.0675. The van der Waals surface area contributed by atoms with Crippen LogP contribution in [0, 0.1) is 13.8 Å². The molecule has 2 aliphatic rings. The van der Waals surface area contributed by atoms with Crippen molar-refractivity contribution in [2.24, 2.45) is 10.2 Å². The van der Waals surface area contributed by atoms with Gasteiger partial charge in [-0.3, -0.25) is 9.59 Å². The fourth-order valence-electron chi connectivity index (χ4n) is 7.49. The van der Waals surface area contributed by atoms with Crippen LogP contribution in [0.25, 0.3) is 11.0 Å². The van der Waals surface area contributed by atoms with E-state index >= 15 is 0 Å². The molecule has 12 nitrogen and oxygen atoms in total. The number of anilines is 3. The fourth-order valence-corrected chi connectivity index (χ4v) is 7.49. The van der Waals surface area contributed by atoms with Crippen molar-refractivity contribution >= 4 is 52.3 Å². The lowest BCUT2D eigenvalue weighted by atomic mass is 9.74. The van der Waals surface area contributed by atoms with Gasteiger partial charge < -0.3 is 24.7 Å². The first-order valence-corrected chi connectivity index (χ1v) is 18.2. The molecule has 12 heteroatoms. The third-order valence-corrected chi connectivity index (χ3v) is 10.0. The predicted octanol–water partition coefficient (Wildman–Crippen LogP) is 7.37. The van der Waals surface area contributed by atoms with Gasteiger partial charge in [0.05, 0.1) is 12.4 Å². The van der Waals surface area contributed by atoms with E-state index in [-0.39, 0.29) is 11.5 Å². The SMILES string of the molecule is CCNc1cc2c(cc1C)C1(c3cc(C)c(NCC)cc3O2)c2ccccc2C(=O)N1/N=C/C=N/NC(=O)c1cc2ccc(N(CC)CC)cc2oc1=O. The lowest BCUT2D eigenvalue weighted by Gasteiger charge is -2.42. The number of amides is 2. The Hall–Kier alpha value is -6.43. The predicted molar refractivity (Wildman–Crippen MR) is 214 cm³/mol. The Bertz CT molecular complexity index is 2350. The average molecular weight is 726 g/mol. The minimum Gasteiger partial charge on any atom is -0.456 e. The number of nitrogens with zero attached hydrogens (tertiary/aromatic N) is 4. The van der Waals surface area contributed by atoms with Crippen molar-refractivity contribution in [1.82, 2.24) is 10.4 Å². The van der Waals surface area contributed by atoms with E-state index in [4.69, 9.17) is 14.3 Å². The summed E-state index contributed by atoms with van der Waals surface area (Å²) in [6.07, 6.45) is 2.61. The van der Waals surface area contributed by atoms with Crippen LogP contribution >= 0.6 is 0 Å². The highest BCUT2D eigenvalue weighted by atomic mass is 16.5. The van der Waals surface area contributed by atoms with E-state index in [2.05, 4.69) is 52.0 Å². The molecule has 4 aromatic carbocycles. The molecule has 0 atom stereocenters. The van der Waals surface area contributed by atoms with Crippen molar-refractivity contribution < 1.29 is 18.7 Å². The highest BCUT2D eigenvalue weighted by Crippen LogP contribution is 2.58. The van der Waals surface area contributed by atoms with Crippen LogP contribution in [0.15, 0.2) is 92.2 Å². The normalized spacial score (nSPS) is 14.0. The zero-order valence-corrected chi connectivity index (χ0v) is 31.2. The van der Waals surface area contributed by atoms with Crippen molar-refractivity contribution in [3.63, 3.8) is 0 Å². The standard InChI is InChI=1S/C42H43N7O5/c1-7-43-34-23-37-32(19-25(34)5)42(33-20-26(6)35(44-8-2)24-38(33)53-37)31-14-12-11-13-29(31)40(51)49(42)46-18-17-45-47-39(50)30-21-27-15-16-28(48(9-3)10-4)22-36(27)54-41(30)52/h11-24,43-44H,7-10H2,1-6H3,(H,47,50)/b45-17+,46-18+. The third kappa shape index (κ3) is 5.93. The van der Waals surface area contributed by atoms with Crippen molar-refractivity contribution in [2.45, 2.75) is 47.1 Å². The summed E-state index contributed by atoms with van der Waals surface area (Å²) in [6, 6.07) is 22.6. The van der Waals surface area contributed by atoms with Gasteiger partial charge in [-0.05, 0) is 89.1 Å². The summed E-state index contributed by atoms with van der Waals surface area (Å²) >= 11 is 0. The quantitative estimate of drug-likeness (QED) is 0.0729. The van der Waals surface area contributed by atoms with Crippen molar-refractivity contribution in [3.8, 4) is 11.5 Å². The first-order chi connectivity index (χ1) is 26.2. The molecule has 1 aromatic heterocycles. The first-order valence-electron chi connectivity index (χ1n) is 18.2. The number of rotatable bonds is 11. The van der Waals surface area contributed by atoms with Gasteiger partial charge >= 0.3 is 5.63 Å². The highest BCUT2D eigenvalue weighted by Gasteiger charge is 2.57. The largest absolute Gasteiger partial charge is 0.456 e. The van der Waals surface area contributed by atoms with Crippen LogP contribution < -0.4 is 31.3 Å². The van der Waals surface area contributed by atoms with E-state index in [0.717, 1.165) is 71.1 Å². The van der Waals surface area contributed by atoms with E-state index < -0.39 is 17.1 Å². The van der Waals surface area contributed by atoms with Gasteiger partial charge in [0, 0.05) is 89.1 Å². The maximum absolute atomic E-state index is 14.4. The number of carbonyl (C=O) groups excluding carboxylic acids is 2. The molecule has 276 valence electrons. The van der Waals surface area contributed by atoms with Crippen LogP contribution in [0.2, 0.25) is 0 Å². The van der Waals surface area contributed by atoms with Crippen molar-refractivity contribution in [1.29, 1.82) is 0 Å². The van der Waals surface area contributed by atoms with E-state index in [1.807, 2.05) is 70.2 Å². The molecule has 2 aliphatic heterocycles. The zero-order chi connectivity index (χ0) is 38.1. The maximum atomic E-state index is 14.4. The van der Waals surface area contributed by atoms with Gasteiger partial charge in [-0.15, -0.1) is 0 Å². The molecule has 0 radical (unpaired) electrons. The summed E-state index contributed by atoms with van der Waals surface area (Å²) in [4.78, 5) is 42.5. The van der Waals surface area contributed by atoms with Crippen molar-refractivity contribution in [2.75, 3.05) is 41.7 Å². The lowest BCUT2D eigenvalue weighted by Crippen LogP contribution is -2.44. The number of aryl methyl sites for hydroxylation is 2. The van der Waals surface area contributed by atoms with Crippen molar-refractivity contribution in [3.05, 3.63) is 122 Å². The Morgan fingerprint density at radius 1 is 0.815 bits per heavy atom. The summed E-state index contributed by atoms with van der Waals surface area (Å²) in [5, 5.41) is 17.7. The van der Waals surface area contributed by atoms with Crippen LogP contribution in [-0.2, 0) is 5.54 Å². The van der Waals surface area contributed by atoms with Gasteiger partial charge in [-0.25, -0.2) is 15.2 Å². The van der Waals surface area contributed by atoms with Crippen LogP contribution in [0.3, 0.4) is 0 Å². The minimum atomic E-state index is -1.19. The second-order valence-corrected chi connectivity index (χ2v) is 13.2. The van der Waals surface area contributed by atoms with Gasteiger partial charge in [-0.2, -0.15) is 10.2 Å². The Balaban J connectivity index is 1.25. The number of hydrogen-bond acceptors (Lipinski definition) is 10. The molecule has 3 N–H and O–H groups in total. The molecule has 3 heterocycles. The van der Waals surface area contributed by atoms with E-state index in [9.17, 15) is 14.4 Å². The maximum Gasteiger partial charge on any atom is 0.349 e. The molecule has 0 aliphatic carbocycles. The molecule has 0 unspecified atom stereocenters. The molecule has 54 heavy (non-hydrogen) atoms. The summed E-state index contributed by atoms with van der Waals surface area (Å²) in [7, 11) is 0. The second-order valence-electron chi connectivity index (χ2n) is 13.2. The molecule has 1 spiro atoms.